The lowest BCUT2D eigenvalue weighted by molar-refractivity contribution is -0.117. The van der Waals surface area contributed by atoms with E-state index in [2.05, 4.69) is 48.9 Å². The highest BCUT2D eigenvalue weighted by molar-refractivity contribution is 7.99. The van der Waals surface area contributed by atoms with E-state index in [0.29, 0.717) is 23.0 Å². The van der Waals surface area contributed by atoms with Gasteiger partial charge in [0.25, 0.3) is 0 Å². The van der Waals surface area contributed by atoms with Gasteiger partial charge in [0.2, 0.25) is 5.91 Å². The van der Waals surface area contributed by atoms with Crippen molar-refractivity contribution in [2.75, 3.05) is 5.75 Å². The van der Waals surface area contributed by atoms with Crippen molar-refractivity contribution in [3.63, 3.8) is 0 Å². The van der Waals surface area contributed by atoms with Crippen LogP contribution >= 0.6 is 23.1 Å². The average molecular weight is 434 g/mol. The summed E-state index contributed by atoms with van der Waals surface area (Å²) >= 11 is 3.00. The zero-order chi connectivity index (χ0) is 21.2. The summed E-state index contributed by atoms with van der Waals surface area (Å²) in [6.45, 7) is 11.3. The highest BCUT2D eigenvalue weighted by Gasteiger charge is 2.30. The SMILES string of the molecule is C=CCn1c(SCC(=O)NC(N)=O)nnc1-c1cc2c(s1)CC[C@H](C(C)(C)C)C2. The third-order valence-electron chi connectivity index (χ3n) is 5.15. The van der Waals surface area contributed by atoms with E-state index in [-0.39, 0.29) is 5.75 Å². The number of allylic oxidation sites excluding steroid dienone is 1. The van der Waals surface area contributed by atoms with Crippen LogP contribution in [0.25, 0.3) is 10.7 Å². The molecule has 9 heteroatoms. The fourth-order valence-corrected chi connectivity index (χ4v) is 5.50. The maximum absolute atomic E-state index is 11.7. The Balaban J connectivity index is 1.82. The average Bonchev–Trinajstić information content (AvgIpc) is 3.21. The first-order valence-corrected chi connectivity index (χ1v) is 11.4. The van der Waals surface area contributed by atoms with Gasteiger partial charge >= 0.3 is 6.03 Å². The van der Waals surface area contributed by atoms with Crippen molar-refractivity contribution in [3.8, 4) is 10.7 Å². The smallest absolute Gasteiger partial charge is 0.318 e. The number of aromatic nitrogens is 3. The summed E-state index contributed by atoms with van der Waals surface area (Å²) in [6.07, 6.45) is 5.20. The fourth-order valence-electron chi connectivity index (χ4n) is 3.55. The van der Waals surface area contributed by atoms with Crippen LogP contribution in [0, 0.1) is 11.3 Å². The Morgan fingerprint density at radius 1 is 1.45 bits per heavy atom. The number of nitrogens with one attached hydrogen (secondary N) is 1. The van der Waals surface area contributed by atoms with Crippen molar-refractivity contribution < 1.29 is 9.59 Å². The molecule has 1 aliphatic rings. The summed E-state index contributed by atoms with van der Waals surface area (Å²) < 4.78 is 1.95. The molecule has 0 saturated carbocycles. The Morgan fingerprint density at radius 2 is 2.21 bits per heavy atom. The van der Waals surface area contributed by atoms with E-state index in [9.17, 15) is 9.59 Å². The van der Waals surface area contributed by atoms with E-state index >= 15 is 0 Å². The summed E-state index contributed by atoms with van der Waals surface area (Å²) in [5.41, 5.74) is 6.70. The van der Waals surface area contributed by atoms with Gasteiger partial charge in [0.15, 0.2) is 11.0 Å². The topological polar surface area (TPSA) is 103 Å². The van der Waals surface area contributed by atoms with Gasteiger partial charge in [0.05, 0.1) is 10.6 Å². The predicted octanol–water partition coefficient (Wildman–Crippen LogP) is 3.63. The van der Waals surface area contributed by atoms with Gasteiger partial charge in [0, 0.05) is 11.4 Å². The van der Waals surface area contributed by atoms with Crippen LogP contribution in [0.4, 0.5) is 4.79 Å². The van der Waals surface area contributed by atoms with Gasteiger partial charge in [-0.1, -0.05) is 38.6 Å². The van der Waals surface area contributed by atoms with E-state index in [1.165, 1.54) is 28.6 Å². The van der Waals surface area contributed by atoms with E-state index in [1.807, 2.05) is 4.57 Å². The number of aryl methyl sites for hydroxylation is 1. The Morgan fingerprint density at radius 3 is 2.86 bits per heavy atom. The minimum Gasteiger partial charge on any atom is -0.351 e. The molecule has 0 spiro atoms. The molecule has 0 fully saturated rings. The summed E-state index contributed by atoms with van der Waals surface area (Å²) in [5, 5.41) is 11.3. The van der Waals surface area contributed by atoms with Gasteiger partial charge in [0.1, 0.15) is 0 Å². The van der Waals surface area contributed by atoms with Gasteiger partial charge < -0.3 is 5.73 Å². The van der Waals surface area contributed by atoms with Crippen LogP contribution in [0.5, 0.6) is 0 Å². The van der Waals surface area contributed by atoms with Gasteiger partial charge in [-0.15, -0.1) is 28.1 Å². The lowest BCUT2D eigenvalue weighted by Crippen LogP contribution is -2.36. The number of rotatable bonds is 6. The Bertz CT molecular complexity index is 926. The molecule has 29 heavy (non-hydrogen) atoms. The van der Waals surface area contributed by atoms with E-state index in [0.717, 1.165) is 23.5 Å². The van der Waals surface area contributed by atoms with Gasteiger partial charge in [-0.25, -0.2) is 4.79 Å². The fraction of sp³-hybridized carbons (Fsp3) is 0.500. The molecule has 0 aromatic carbocycles. The number of thioether (sulfide) groups is 1. The first-order valence-electron chi connectivity index (χ1n) is 9.57. The molecule has 0 aliphatic heterocycles. The number of fused-ring (bicyclic) bond motifs is 1. The predicted molar refractivity (Wildman–Crippen MR) is 117 cm³/mol. The maximum Gasteiger partial charge on any atom is 0.318 e. The van der Waals surface area contributed by atoms with E-state index in [4.69, 9.17) is 5.73 Å². The lowest BCUT2D eigenvalue weighted by atomic mass is 9.72. The standard InChI is InChI=1S/C20H27N5O2S2/c1-5-8-25-17(23-24-19(25)28-11-16(26)22-18(21)27)15-10-12-9-13(20(2,3)4)6-7-14(12)29-15/h5,10,13H,1,6-9,11H2,2-4H3,(H3,21,22,26,27)/t13-/m0/s1. The molecule has 156 valence electrons. The third-order valence-corrected chi connectivity index (χ3v) is 7.35. The number of hydrogen-bond acceptors (Lipinski definition) is 6. The van der Waals surface area contributed by atoms with Crippen molar-refractivity contribution in [3.05, 3.63) is 29.2 Å². The van der Waals surface area contributed by atoms with Crippen LogP contribution < -0.4 is 11.1 Å². The van der Waals surface area contributed by atoms with Crippen LogP contribution in [-0.4, -0.2) is 32.5 Å². The van der Waals surface area contributed by atoms with Crippen molar-refractivity contribution in [2.45, 2.75) is 51.7 Å². The van der Waals surface area contributed by atoms with Gasteiger partial charge in [-0.2, -0.15) is 0 Å². The number of primary amides is 1. The number of carbonyl (C=O) groups is 2. The molecule has 3 N–H and O–H groups in total. The molecule has 0 saturated heterocycles. The van der Waals surface area contributed by atoms with Crippen molar-refractivity contribution in [1.82, 2.24) is 20.1 Å². The number of carbonyl (C=O) groups excluding carboxylic acids is 2. The molecule has 7 nitrogen and oxygen atoms in total. The number of imide groups is 1. The highest BCUT2D eigenvalue weighted by atomic mass is 32.2. The van der Waals surface area contributed by atoms with Crippen LogP contribution in [-0.2, 0) is 24.2 Å². The molecule has 2 aromatic heterocycles. The molecule has 2 aromatic rings. The number of urea groups is 1. The van der Waals surface area contributed by atoms with Crippen LogP contribution in [0.3, 0.4) is 0 Å². The number of nitrogens with zero attached hydrogens (tertiary/aromatic N) is 3. The van der Waals surface area contributed by atoms with Crippen molar-refractivity contribution >= 4 is 35.0 Å². The molecule has 0 radical (unpaired) electrons. The van der Waals surface area contributed by atoms with E-state index < -0.39 is 11.9 Å². The second kappa shape index (κ2) is 8.71. The molecule has 3 amide bonds. The molecule has 0 unspecified atom stereocenters. The number of nitrogens with two attached hydrogens (primary N) is 1. The monoisotopic (exact) mass is 433 g/mol. The van der Waals surface area contributed by atoms with Crippen LogP contribution in [0.1, 0.15) is 37.6 Å². The Hall–Kier alpha value is -2.13. The molecule has 3 rings (SSSR count). The lowest BCUT2D eigenvalue weighted by Gasteiger charge is -2.33. The largest absolute Gasteiger partial charge is 0.351 e. The first kappa shape index (κ1) is 21.6. The molecule has 1 atom stereocenters. The highest BCUT2D eigenvalue weighted by Crippen LogP contribution is 2.42. The summed E-state index contributed by atoms with van der Waals surface area (Å²) in [7, 11) is 0. The normalized spacial score (nSPS) is 16.3. The molecule has 0 bridgehead atoms. The zero-order valence-corrected chi connectivity index (χ0v) is 18.7. The zero-order valence-electron chi connectivity index (χ0n) is 17.0. The third kappa shape index (κ3) is 5.08. The molecule has 1 aliphatic carbocycles. The van der Waals surface area contributed by atoms with Crippen LogP contribution in [0.15, 0.2) is 23.9 Å². The minimum atomic E-state index is -0.860. The molecular weight excluding hydrogens is 406 g/mol. The molecule has 2 heterocycles. The summed E-state index contributed by atoms with van der Waals surface area (Å²) in [6, 6.07) is 1.39. The molecular formula is C20H27N5O2S2. The minimum absolute atomic E-state index is 0.0341. The van der Waals surface area contributed by atoms with Crippen molar-refractivity contribution in [1.29, 1.82) is 0 Å². The second-order valence-electron chi connectivity index (χ2n) is 8.27. The number of hydrogen-bond donors (Lipinski definition) is 2. The second-order valence-corrected chi connectivity index (χ2v) is 10.4. The summed E-state index contributed by atoms with van der Waals surface area (Å²) in [5.74, 6) is 1.04. The first-order chi connectivity index (χ1) is 13.7. The van der Waals surface area contributed by atoms with Gasteiger partial charge in [-0.05, 0) is 42.2 Å². The maximum atomic E-state index is 11.7. The van der Waals surface area contributed by atoms with E-state index in [1.54, 1.807) is 17.4 Å². The van der Waals surface area contributed by atoms with Crippen molar-refractivity contribution in [2.24, 2.45) is 17.1 Å². The van der Waals surface area contributed by atoms with Crippen LogP contribution in [0.2, 0.25) is 0 Å². The Kier molecular flexibility index (Phi) is 6.48. The summed E-state index contributed by atoms with van der Waals surface area (Å²) in [4.78, 5) is 25.0. The quantitative estimate of drug-likeness (QED) is 0.535. The Labute approximate surface area is 179 Å². The number of thiophene rings is 1. The number of amides is 3. The van der Waals surface area contributed by atoms with Gasteiger partial charge in [-0.3, -0.25) is 14.7 Å².